The van der Waals surface area contributed by atoms with Crippen LogP contribution in [0, 0.1) is 0 Å². The van der Waals surface area contributed by atoms with Crippen LogP contribution in [-0.2, 0) is 11.8 Å². The summed E-state index contributed by atoms with van der Waals surface area (Å²) in [6, 6.07) is 9.41. The maximum Gasteiger partial charge on any atom is 0.207 e. The Morgan fingerprint density at radius 2 is 2.12 bits per heavy atom. The van der Waals surface area contributed by atoms with Gasteiger partial charge in [-0.05, 0) is 5.56 Å². The number of amides is 1. The van der Waals surface area contributed by atoms with Gasteiger partial charge in [0.15, 0.2) is 0 Å². The first-order chi connectivity index (χ1) is 7.81. The molecule has 1 aromatic heterocycles. The van der Waals surface area contributed by atoms with Crippen LogP contribution in [-0.4, -0.2) is 21.4 Å². The second-order valence-corrected chi connectivity index (χ2v) is 3.45. The number of carbonyl (C=O) groups excluding carboxylic acids is 1. The number of aromatic nitrogens is 3. The molecule has 0 saturated carbocycles. The van der Waals surface area contributed by atoms with Crippen LogP contribution in [0.3, 0.4) is 0 Å². The number of nitrogens with one attached hydrogen (secondary N) is 1. The molecule has 1 atom stereocenters. The summed E-state index contributed by atoms with van der Waals surface area (Å²) in [5, 5.41) is 10.6. The van der Waals surface area contributed by atoms with Crippen molar-refractivity contribution in [3.05, 3.63) is 47.8 Å². The molecule has 0 saturated heterocycles. The predicted octanol–water partition coefficient (Wildman–Crippen LogP) is 0.650. The first-order valence-electron chi connectivity index (χ1n) is 4.92. The second kappa shape index (κ2) is 4.57. The Kier molecular flexibility index (Phi) is 2.95. The molecule has 0 fully saturated rings. The predicted molar refractivity (Wildman–Crippen MR) is 58.5 cm³/mol. The van der Waals surface area contributed by atoms with Crippen molar-refractivity contribution in [3.63, 3.8) is 0 Å². The van der Waals surface area contributed by atoms with Gasteiger partial charge >= 0.3 is 0 Å². The molecule has 16 heavy (non-hydrogen) atoms. The van der Waals surface area contributed by atoms with E-state index in [9.17, 15) is 4.79 Å². The standard InChI is InChI=1S/C11H12N4O/c1-15-7-10(13-14-15)11(12-8-16)9-5-3-2-4-6-9/h2-8,11H,1H3,(H,12,16). The van der Waals surface area contributed by atoms with Crippen LogP contribution in [0.2, 0.25) is 0 Å². The van der Waals surface area contributed by atoms with Crippen molar-refractivity contribution in [2.45, 2.75) is 6.04 Å². The largest absolute Gasteiger partial charge is 0.346 e. The maximum absolute atomic E-state index is 10.6. The normalized spacial score (nSPS) is 12.1. The van der Waals surface area contributed by atoms with E-state index in [0.29, 0.717) is 6.41 Å². The zero-order valence-electron chi connectivity index (χ0n) is 8.87. The number of nitrogens with zero attached hydrogens (tertiary/aromatic N) is 3. The number of rotatable bonds is 4. The molecule has 1 aromatic carbocycles. The van der Waals surface area contributed by atoms with Gasteiger partial charge in [-0.1, -0.05) is 35.5 Å². The van der Waals surface area contributed by atoms with Gasteiger partial charge in [-0.2, -0.15) is 0 Å². The molecule has 1 N–H and O–H groups in total. The Morgan fingerprint density at radius 3 is 2.69 bits per heavy atom. The summed E-state index contributed by atoms with van der Waals surface area (Å²) in [6.07, 6.45) is 2.46. The van der Waals surface area contributed by atoms with Crippen molar-refractivity contribution in [2.75, 3.05) is 0 Å². The van der Waals surface area contributed by atoms with Gasteiger partial charge in [0.05, 0.1) is 12.2 Å². The molecular formula is C11H12N4O. The highest BCUT2D eigenvalue weighted by molar-refractivity contribution is 5.49. The summed E-state index contributed by atoms with van der Waals surface area (Å²) in [6.45, 7) is 0. The first kappa shape index (κ1) is 10.4. The highest BCUT2D eigenvalue weighted by Gasteiger charge is 2.15. The summed E-state index contributed by atoms with van der Waals surface area (Å²) in [4.78, 5) is 10.6. The van der Waals surface area contributed by atoms with Gasteiger partial charge in [-0.3, -0.25) is 9.48 Å². The smallest absolute Gasteiger partial charge is 0.207 e. The molecule has 0 bridgehead atoms. The van der Waals surface area contributed by atoms with Crippen LogP contribution in [0.15, 0.2) is 36.5 Å². The van der Waals surface area contributed by atoms with E-state index in [-0.39, 0.29) is 6.04 Å². The minimum atomic E-state index is -0.243. The number of hydrogen-bond donors (Lipinski definition) is 1. The van der Waals surface area contributed by atoms with E-state index >= 15 is 0 Å². The highest BCUT2D eigenvalue weighted by Crippen LogP contribution is 2.18. The lowest BCUT2D eigenvalue weighted by molar-refractivity contribution is -0.110. The Labute approximate surface area is 93.1 Å². The lowest BCUT2D eigenvalue weighted by Gasteiger charge is -2.12. The van der Waals surface area contributed by atoms with Gasteiger partial charge in [-0.25, -0.2) is 0 Å². The van der Waals surface area contributed by atoms with Crippen molar-refractivity contribution < 1.29 is 4.79 Å². The second-order valence-electron chi connectivity index (χ2n) is 3.45. The summed E-state index contributed by atoms with van der Waals surface area (Å²) in [5.74, 6) is 0. The molecule has 2 aromatic rings. The molecule has 2 rings (SSSR count). The van der Waals surface area contributed by atoms with Crippen LogP contribution < -0.4 is 5.32 Å². The monoisotopic (exact) mass is 216 g/mol. The molecule has 5 nitrogen and oxygen atoms in total. The highest BCUT2D eigenvalue weighted by atomic mass is 16.1. The summed E-state index contributed by atoms with van der Waals surface area (Å²) in [7, 11) is 1.79. The Hall–Kier alpha value is -2.17. The van der Waals surface area contributed by atoms with Crippen LogP contribution in [0.5, 0.6) is 0 Å². The third-order valence-corrected chi connectivity index (χ3v) is 2.28. The van der Waals surface area contributed by atoms with Crippen LogP contribution in [0.1, 0.15) is 17.3 Å². The number of aryl methyl sites for hydroxylation is 1. The molecule has 1 amide bonds. The average Bonchev–Trinajstić information content (AvgIpc) is 2.74. The lowest BCUT2D eigenvalue weighted by atomic mass is 10.1. The van der Waals surface area contributed by atoms with E-state index in [4.69, 9.17) is 0 Å². The fraction of sp³-hybridized carbons (Fsp3) is 0.182. The Bertz CT molecular complexity index is 466. The van der Waals surface area contributed by atoms with Gasteiger partial charge < -0.3 is 5.32 Å². The van der Waals surface area contributed by atoms with Gasteiger partial charge in [0.1, 0.15) is 5.69 Å². The molecule has 0 spiro atoms. The van der Waals surface area contributed by atoms with E-state index in [0.717, 1.165) is 11.3 Å². The van der Waals surface area contributed by atoms with Gasteiger partial charge in [-0.15, -0.1) is 5.10 Å². The topological polar surface area (TPSA) is 59.8 Å². The van der Waals surface area contributed by atoms with Crippen molar-refractivity contribution in [1.29, 1.82) is 0 Å². The number of benzene rings is 1. The third-order valence-electron chi connectivity index (χ3n) is 2.28. The molecule has 1 heterocycles. The zero-order chi connectivity index (χ0) is 11.4. The van der Waals surface area contributed by atoms with Crippen molar-refractivity contribution >= 4 is 6.41 Å². The lowest BCUT2D eigenvalue weighted by Crippen LogP contribution is -2.21. The molecule has 0 aliphatic carbocycles. The summed E-state index contributed by atoms with van der Waals surface area (Å²) < 4.78 is 1.61. The molecule has 0 aliphatic rings. The zero-order valence-corrected chi connectivity index (χ0v) is 8.87. The van der Waals surface area contributed by atoms with E-state index in [1.165, 1.54) is 0 Å². The average molecular weight is 216 g/mol. The van der Waals surface area contributed by atoms with Gasteiger partial charge in [0.2, 0.25) is 6.41 Å². The quantitative estimate of drug-likeness (QED) is 0.763. The molecular weight excluding hydrogens is 204 g/mol. The van der Waals surface area contributed by atoms with E-state index < -0.39 is 0 Å². The first-order valence-corrected chi connectivity index (χ1v) is 4.92. The van der Waals surface area contributed by atoms with Crippen LogP contribution in [0.4, 0.5) is 0 Å². The molecule has 5 heteroatoms. The maximum atomic E-state index is 10.6. The Balaban J connectivity index is 2.34. The summed E-state index contributed by atoms with van der Waals surface area (Å²) >= 11 is 0. The van der Waals surface area contributed by atoms with Crippen molar-refractivity contribution in [1.82, 2.24) is 20.3 Å². The van der Waals surface area contributed by atoms with Crippen molar-refractivity contribution in [3.8, 4) is 0 Å². The van der Waals surface area contributed by atoms with Crippen LogP contribution >= 0.6 is 0 Å². The number of hydrogen-bond acceptors (Lipinski definition) is 3. The minimum Gasteiger partial charge on any atom is -0.346 e. The third kappa shape index (κ3) is 2.08. The van der Waals surface area contributed by atoms with E-state index in [2.05, 4.69) is 15.6 Å². The van der Waals surface area contributed by atoms with E-state index in [1.807, 2.05) is 30.3 Å². The fourth-order valence-corrected chi connectivity index (χ4v) is 1.56. The van der Waals surface area contributed by atoms with Crippen molar-refractivity contribution in [2.24, 2.45) is 7.05 Å². The molecule has 82 valence electrons. The van der Waals surface area contributed by atoms with Gasteiger partial charge in [0, 0.05) is 7.05 Å². The SMILES string of the molecule is Cn1cc(C(NC=O)c2ccccc2)nn1. The molecule has 1 unspecified atom stereocenters. The fourth-order valence-electron chi connectivity index (χ4n) is 1.56. The minimum absolute atomic E-state index is 0.243. The Morgan fingerprint density at radius 1 is 1.38 bits per heavy atom. The molecule has 0 radical (unpaired) electrons. The molecule has 0 aliphatic heterocycles. The van der Waals surface area contributed by atoms with E-state index in [1.54, 1.807) is 17.9 Å². The summed E-state index contributed by atoms with van der Waals surface area (Å²) in [5.41, 5.74) is 1.70. The van der Waals surface area contributed by atoms with Crippen LogP contribution in [0.25, 0.3) is 0 Å². The number of carbonyl (C=O) groups is 1. The van der Waals surface area contributed by atoms with Gasteiger partial charge in [0.25, 0.3) is 0 Å².